The van der Waals surface area contributed by atoms with Crippen LogP contribution in [0.3, 0.4) is 0 Å². The van der Waals surface area contributed by atoms with Crippen LogP contribution in [0.15, 0.2) is 102 Å². The van der Waals surface area contributed by atoms with Gasteiger partial charge in [-0.25, -0.2) is 0 Å². The Morgan fingerprint density at radius 3 is 1.67 bits per heavy atom. The zero-order chi connectivity index (χ0) is 27.5. The molecule has 1 N–H and O–H groups in total. The third-order valence-corrected chi connectivity index (χ3v) is 7.16. The quantitative estimate of drug-likeness (QED) is 0.342. The predicted molar refractivity (Wildman–Crippen MR) is 157 cm³/mol. The van der Waals surface area contributed by atoms with Crippen LogP contribution in [0.2, 0.25) is 0 Å². The van der Waals surface area contributed by atoms with Crippen molar-refractivity contribution in [2.24, 2.45) is 16.3 Å². The summed E-state index contributed by atoms with van der Waals surface area (Å²) in [7, 11) is 0. The monoisotopic (exact) mass is 524 g/mol. The summed E-state index contributed by atoms with van der Waals surface area (Å²) >= 11 is 0. The molecule has 0 aliphatic carbocycles. The van der Waals surface area contributed by atoms with E-state index in [0.29, 0.717) is 45.2 Å². The molecule has 0 saturated carbocycles. The molecule has 0 saturated heterocycles. The second-order valence-electron chi connectivity index (χ2n) is 10.8. The number of hydrogen-bond donors (Lipinski definition) is 1. The van der Waals surface area contributed by atoms with Crippen LogP contribution in [0.25, 0.3) is 0 Å². The van der Waals surface area contributed by atoms with Crippen molar-refractivity contribution >= 4 is 6.21 Å². The third kappa shape index (κ3) is 9.03. The first-order valence-electron chi connectivity index (χ1n) is 13.7. The van der Waals surface area contributed by atoms with Gasteiger partial charge in [0.15, 0.2) is 0 Å². The maximum absolute atomic E-state index is 11.3. The molecular formula is C32H40N6O. The Labute approximate surface area is 232 Å². The fourth-order valence-electron chi connectivity index (χ4n) is 4.52. The van der Waals surface area contributed by atoms with Crippen LogP contribution < -0.4 is 0 Å². The van der Waals surface area contributed by atoms with Gasteiger partial charge in [0.25, 0.3) is 0 Å². The van der Waals surface area contributed by atoms with Crippen molar-refractivity contribution in [3.8, 4) is 0 Å². The van der Waals surface area contributed by atoms with Crippen molar-refractivity contribution in [1.29, 1.82) is 0 Å². The number of aliphatic hydroxyl groups excluding tert-OH is 1. The number of pyridine rings is 3. The summed E-state index contributed by atoms with van der Waals surface area (Å²) in [5.74, 6) is 0.445. The second-order valence-corrected chi connectivity index (χ2v) is 10.8. The summed E-state index contributed by atoms with van der Waals surface area (Å²) in [6, 6.07) is 17.8. The van der Waals surface area contributed by atoms with Crippen molar-refractivity contribution < 1.29 is 5.11 Å². The van der Waals surface area contributed by atoms with Crippen LogP contribution in [-0.2, 0) is 19.6 Å². The van der Waals surface area contributed by atoms with Gasteiger partial charge in [0.2, 0.25) is 0 Å². The Kier molecular flexibility index (Phi) is 10.3. The lowest BCUT2D eigenvalue weighted by Crippen LogP contribution is -2.40. The van der Waals surface area contributed by atoms with E-state index in [0.717, 1.165) is 22.8 Å². The molecule has 2 unspecified atom stereocenters. The highest BCUT2D eigenvalue weighted by Crippen LogP contribution is 2.28. The van der Waals surface area contributed by atoms with E-state index in [1.807, 2.05) is 60.8 Å². The van der Waals surface area contributed by atoms with E-state index >= 15 is 0 Å². The molecule has 1 aliphatic rings. The molecule has 204 valence electrons. The molecule has 7 heteroatoms. The number of hydrogen-bond acceptors (Lipinski definition) is 7. The summed E-state index contributed by atoms with van der Waals surface area (Å²) in [4.78, 5) is 22.8. The van der Waals surface area contributed by atoms with E-state index in [9.17, 15) is 5.11 Å². The molecule has 4 rings (SSSR count). The lowest BCUT2D eigenvalue weighted by Gasteiger charge is -2.29. The fraction of sp³-hybridized carbons (Fsp3) is 0.375. The van der Waals surface area contributed by atoms with Crippen molar-refractivity contribution in [1.82, 2.24) is 24.8 Å². The first-order valence-corrected chi connectivity index (χ1v) is 13.7. The van der Waals surface area contributed by atoms with Crippen LogP contribution in [0.1, 0.15) is 37.9 Å². The van der Waals surface area contributed by atoms with E-state index in [4.69, 9.17) is 4.99 Å². The largest absolute Gasteiger partial charge is 0.390 e. The van der Waals surface area contributed by atoms with Gasteiger partial charge in [-0.1, -0.05) is 51.1 Å². The SMILES string of the molecule is CC(C)C1(C)C=CC=C(CN(Cc2ccccn2)CC(O)CN(Cc2ccccn2)Cc2ccccn2)N=C1. The van der Waals surface area contributed by atoms with Gasteiger partial charge in [0.1, 0.15) is 0 Å². The molecule has 7 nitrogen and oxygen atoms in total. The molecule has 0 fully saturated rings. The molecular weight excluding hydrogens is 484 g/mol. The maximum Gasteiger partial charge on any atom is 0.0794 e. The van der Waals surface area contributed by atoms with E-state index in [-0.39, 0.29) is 5.41 Å². The molecule has 0 radical (unpaired) electrons. The van der Waals surface area contributed by atoms with Gasteiger partial charge in [0.05, 0.1) is 28.9 Å². The van der Waals surface area contributed by atoms with Gasteiger partial charge in [-0.15, -0.1) is 0 Å². The molecule has 3 aromatic heterocycles. The Morgan fingerprint density at radius 1 is 0.744 bits per heavy atom. The van der Waals surface area contributed by atoms with Crippen molar-refractivity contribution in [2.75, 3.05) is 19.6 Å². The lowest BCUT2D eigenvalue weighted by atomic mass is 9.80. The molecule has 2 atom stereocenters. The van der Waals surface area contributed by atoms with Crippen molar-refractivity contribution in [3.63, 3.8) is 0 Å². The van der Waals surface area contributed by atoms with Crippen LogP contribution in [0.4, 0.5) is 0 Å². The number of aromatic nitrogens is 3. The van der Waals surface area contributed by atoms with Crippen molar-refractivity contribution in [2.45, 2.75) is 46.5 Å². The zero-order valence-electron chi connectivity index (χ0n) is 23.3. The molecule has 0 bridgehead atoms. The number of allylic oxidation sites excluding steroid dienone is 3. The smallest absolute Gasteiger partial charge is 0.0794 e. The number of nitrogens with zero attached hydrogens (tertiary/aromatic N) is 6. The summed E-state index contributed by atoms with van der Waals surface area (Å²) in [6.07, 6.45) is 13.3. The molecule has 1 aliphatic heterocycles. The van der Waals surface area contributed by atoms with Crippen LogP contribution in [0.5, 0.6) is 0 Å². The van der Waals surface area contributed by atoms with E-state index in [1.54, 1.807) is 12.4 Å². The van der Waals surface area contributed by atoms with Gasteiger partial charge in [0, 0.05) is 69.5 Å². The minimum atomic E-state index is -0.590. The summed E-state index contributed by atoms with van der Waals surface area (Å²) in [5.41, 5.74) is 3.77. The van der Waals surface area contributed by atoms with E-state index in [2.05, 4.69) is 70.0 Å². The highest BCUT2D eigenvalue weighted by atomic mass is 16.3. The first-order chi connectivity index (χ1) is 18.9. The maximum atomic E-state index is 11.3. The molecule has 0 amide bonds. The van der Waals surface area contributed by atoms with E-state index in [1.165, 1.54) is 0 Å². The minimum Gasteiger partial charge on any atom is -0.390 e. The Bertz CT molecular complexity index is 1190. The number of aliphatic hydroxyl groups is 1. The van der Waals surface area contributed by atoms with Crippen molar-refractivity contribution in [3.05, 3.63) is 114 Å². The van der Waals surface area contributed by atoms with Gasteiger partial charge in [-0.3, -0.25) is 29.7 Å². The Balaban J connectivity index is 1.48. The van der Waals surface area contributed by atoms with Gasteiger partial charge in [-0.05, 0) is 48.4 Å². The van der Waals surface area contributed by atoms with Crippen LogP contribution in [-0.4, -0.2) is 61.8 Å². The Morgan fingerprint density at radius 2 is 1.23 bits per heavy atom. The van der Waals surface area contributed by atoms with Gasteiger partial charge >= 0.3 is 0 Å². The normalized spacial score (nSPS) is 18.0. The summed E-state index contributed by atoms with van der Waals surface area (Å²) < 4.78 is 0. The van der Waals surface area contributed by atoms with Gasteiger partial charge in [-0.2, -0.15) is 0 Å². The average Bonchev–Trinajstić information content (AvgIpc) is 3.12. The molecule has 0 spiro atoms. The predicted octanol–water partition coefficient (Wildman–Crippen LogP) is 4.92. The number of rotatable bonds is 13. The first kappa shape index (κ1) is 28.5. The lowest BCUT2D eigenvalue weighted by molar-refractivity contribution is 0.0674. The third-order valence-electron chi connectivity index (χ3n) is 7.16. The second kappa shape index (κ2) is 14.0. The summed E-state index contributed by atoms with van der Waals surface area (Å²) in [5, 5.41) is 11.3. The highest BCUT2D eigenvalue weighted by Gasteiger charge is 2.24. The van der Waals surface area contributed by atoms with Crippen LogP contribution >= 0.6 is 0 Å². The average molecular weight is 525 g/mol. The Hall–Kier alpha value is -3.52. The molecule has 3 aromatic rings. The van der Waals surface area contributed by atoms with Crippen LogP contribution in [0, 0.1) is 11.3 Å². The summed E-state index contributed by atoms with van der Waals surface area (Å²) in [6.45, 7) is 10.1. The molecule has 39 heavy (non-hydrogen) atoms. The standard InChI is InChI=1S/C32H40N6O/c1-26(2)32(3)15-10-14-30(36-25-32)22-38(21-29-13-6-9-18-35-29)24-31(39)23-37(19-27-11-4-7-16-33-27)20-28-12-5-8-17-34-28/h4-18,25-26,31,39H,19-24H2,1-3H3. The molecule has 0 aromatic carbocycles. The minimum absolute atomic E-state index is 0.0823. The van der Waals surface area contributed by atoms with Gasteiger partial charge < -0.3 is 5.11 Å². The topological polar surface area (TPSA) is 77.7 Å². The number of aliphatic imine (C=N–C) groups is 1. The fourth-order valence-corrected chi connectivity index (χ4v) is 4.52. The zero-order valence-corrected chi connectivity index (χ0v) is 23.3. The highest BCUT2D eigenvalue weighted by molar-refractivity contribution is 5.70. The van der Waals surface area contributed by atoms with E-state index < -0.39 is 6.10 Å². The molecule has 4 heterocycles.